The number of nitrogens with one attached hydrogen (secondary N) is 1. The number of rotatable bonds is 4. The number of likely N-dealkylation sites (tertiary alicyclic amines) is 1. The molecule has 1 saturated carbocycles. The van der Waals surface area contributed by atoms with Crippen molar-refractivity contribution in [1.82, 2.24) is 10.2 Å². The summed E-state index contributed by atoms with van der Waals surface area (Å²) < 4.78 is 0. The second-order valence-corrected chi connectivity index (χ2v) is 5.43. The van der Waals surface area contributed by atoms with Crippen LogP contribution in [0.2, 0.25) is 0 Å². The van der Waals surface area contributed by atoms with E-state index >= 15 is 0 Å². The Hall–Kier alpha value is -2.10. The number of carbonyl (C=O) groups is 2. The van der Waals surface area contributed by atoms with Crippen LogP contribution in [0.1, 0.15) is 24.8 Å². The molecule has 20 heavy (non-hydrogen) atoms. The van der Waals surface area contributed by atoms with E-state index in [9.17, 15) is 9.59 Å². The minimum Gasteiger partial charge on any atom is -0.348 e. The molecular weight excluding hydrogens is 252 g/mol. The molecule has 1 aliphatic carbocycles. The summed E-state index contributed by atoms with van der Waals surface area (Å²) in [7, 11) is 0. The van der Waals surface area contributed by atoms with E-state index in [2.05, 4.69) is 5.32 Å². The molecule has 1 heterocycles. The molecule has 0 radical (unpaired) electrons. The molecule has 1 saturated heterocycles. The number of carbonyl (C=O) groups excluding carboxylic acids is 2. The Labute approximate surface area is 118 Å². The highest BCUT2D eigenvalue weighted by atomic mass is 16.2. The maximum Gasteiger partial charge on any atom is 0.244 e. The smallest absolute Gasteiger partial charge is 0.244 e. The first-order valence-corrected chi connectivity index (χ1v) is 7.05. The largest absolute Gasteiger partial charge is 0.348 e. The lowest BCUT2D eigenvalue weighted by Crippen LogP contribution is -2.36. The summed E-state index contributed by atoms with van der Waals surface area (Å²) in [5.74, 6) is 0.0362. The third-order valence-corrected chi connectivity index (χ3v) is 3.72. The van der Waals surface area contributed by atoms with E-state index < -0.39 is 0 Å². The van der Waals surface area contributed by atoms with E-state index in [1.807, 2.05) is 35.2 Å². The van der Waals surface area contributed by atoms with Crippen molar-refractivity contribution >= 4 is 17.9 Å². The fourth-order valence-electron chi connectivity index (χ4n) is 2.55. The van der Waals surface area contributed by atoms with Crippen molar-refractivity contribution in [2.45, 2.75) is 31.3 Å². The van der Waals surface area contributed by atoms with Crippen LogP contribution in [0.5, 0.6) is 0 Å². The summed E-state index contributed by atoms with van der Waals surface area (Å²) in [5, 5.41) is 2.90. The number of benzene rings is 1. The molecule has 3 rings (SSSR count). The first kappa shape index (κ1) is 12.9. The monoisotopic (exact) mass is 270 g/mol. The fourth-order valence-corrected chi connectivity index (χ4v) is 2.55. The standard InChI is InChI=1S/C16H18N2O2/c19-15(9-6-12-4-2-1-3-5-12)17-13-10-16(20)18(11-13)14-7-8-14/h1-6,9,13-14H,7-8,10-11H2,(H,17,19)/b9-6+. The molecule has 1 unspecified atom stereocenters. The predicted molar refractivity (Wildman–Crippen MR) is 76.8 cm³/mol. The second-order valence-electron chi connectivity index (χ2n) is 5.43. The molecule has 1 aliphatic heterocycles. The number of hydrogen-bond donors (Lipinski definition) is 1. The van der Waals surface area contributed by atoms with Gasteiger partial charge in [-0.05, 0) is 24.5 Å². The molecule has 104 valence electrons. The second kappa shape index (κ2) is 5.49. The van der Waals surface area contributed by atoms with Gasteiger partial charge in [0.25, 0.3) is 0 Å². The first-order valence-electron chi connectivity index (χ1n) is 7.05. The van der Waals surface area contributed by atoms with Crippen LogP contribution in [-0.4, -0.2) is 35.3 Å². The van der Waals surface area contributed by atoms with E-state index in [1.165, 1.54) is 6.08 Å². The van der Waals surface area contributed by atoms with Crippen LogP contribution >= 0.6 is 0 Å². The molecule has 4 heteroatoms. The molecule has 2 amide bonds. The van der Waals surface area contributed by atoms with Gasteiger partial charge in [0.05, 0.1) is 6.04 Å². The van der Waals surface area contributed by atoms with Crippen molar-refractivity contribution in [2.75, 3.05) is 6.54 Å². The number of nitrogens with zero attached hydrogens (tertiary/aromatic N) is 1. The molecule has 1 aromatic rings. The lowest BCUT2D eigenvalue weighted by Gasteiger charge is -2.15. The van der Waals surface area contributed by atoms with Crippen LogP contribution in [0, 0.1) is 0 Å². The molecule has 1 aromatic carbocycles. The fraction of sp³-hybridized carbons (Fsp3) is 0.375. The van der Waals surface area contributed by atoms with Crippen LogP contribution in [0.25, 0.3) is 6.08 Å². The van der Waals surface area contributed by atoms with Gasteiger partial charge in [-0.15, -0.1) is 0 Å². The normalized spacial score (nSPS) is 22.5. The molecule has 4 nitrogen and oxygen atoms in total. The molecule has 0 bridgehead atoms. The van der Waals surface area contributed by atoms with Crippen LogP contribution < -0.4 is 5.32 Å². The van der Waals surface area contributed by atoms with E-state index in [0.717, 1.165) is 18.4 Å². The highest BCUT2D eigenvalue weighted by Crippen LogP contribution is 2.30. The van der Waals surface area contributed by atoms with Crippen molar-refractivity contribution in [3.8, 4) is 0 Å². The molecule has 2 aliphatic rings. The Balaban J connectivity index is 1.52. The van der Waals surface area contributed by atoms with E-state index in [0.29, 0.717) is 19.0 Å². The maximum absolute atomic E-state index is 11.8. The van der Waals surface area contributed by atoms with Gasteiger partial charge in [0.2, 0.25) is 11.8 Å². The van der Waals surface area contributed by atoms with Crippen LogP contribution in [0.15, 0.2) is 36.4 Å². The Morgan fingerprint density at radius 2 is 2.00 bits per heavy atom. The van der Waals surface area contributed by atoms with Gasteiger partial charge in [-0.3, -0.25) is 9.59 Å². The van der Waals surface area contributed by atoms with E-state index in [1.54, 1.807) is 6.08 Å². The van der Waals surface area contributed by atoms with Crippen molar-refractivity contribution in [3.63, 3.8) is 0 Å². The topological polar surface area (TPSA) is 49.4 Å². The van der Waals surface area contributed by atoms with Crippen molar-refractivity contribution in [1.29, 1.82) is 0 Å². The van der Waals surface area contributed by atoms with Crippen molar-refractivity contribution < 1.29 is 9.59 Å². The summed E-state index contributed by atoms with van der Waals surface area (Å²) in [6, 6.07) is 10.1. The minimum atomic E-state index is -0.135. The lowest BCUT2D eigenvalue weighted by atomic mass is 10.2. The Morgan fingerprint density at radius 3 is 2.70 bits per heavy atom. The summed E-state index contributed by atoms with van der Waals surface area (Å²) in [4.78, 5) is 25.5. The Kier molecular flexibility index (Phi) is 3.54. The van der Waals surface area contributed by atoms with Gasteiger partial charge in [0, 0.05) is 25.1 Å². The zero-order chi connectivity index (χ0) is 13.9. The molecule has 1 N–H and O–H groups in total. The van der Waals surface area contributed by atoms with Crippen LogP contribution in [-0.2, 0) is 9.59 Å². The molecule has 0 aromatic heterocycles. The SMILES string of the molecule is O=C(/C=C/c1ccccc1)NC1CC(=O)N(C2CC2)C1. The average Bonchev–Trinajstić information content (AvgIpc) is 3.22. The Bertz CT molecular complexity index is 535. The van der Waals surface area contributed by atoms with Crippen molar-refractivity contribution in [2.24, 2.45) is 0 Å². The third kappa shape index (κ3) is 3.07. The quantitative estimate of drug-likeness (QED) is 0.844. The Morgan fingerprint density at radius 1 is 1.25 bits per heavy atom. The van der Waals surface area contributed by atoms with Gasteiger partial charge in [-0.1, -0.05) is 30.3 Å². The average molecular weight is 270 g/mol. The third-order valence-electron chi connectivity index (χ3n) is 3.72. The van der Waals surface area contributed by atoms with E-state index in [-0.39, 0.29) is 17.9 Å². The zero-order valence-corrected chi connectivity index (χ0v) is 11.3. The highest BCUT2D eigenvalue weighted by molar-refractivity contribution is 5.92. The lowest BCUT2D eigenvalue weighted by molar-refractivity contribution is -0.128. The summed E-state index contributed by atoms with van der Waals surface area (Å²) >= 11 is 0. The van der Waals surface area contributed by atoms with Gasteiger partial charge in [-0.25, -0.2) is 0 Å². The summed E-state index contributed by atoms with van der Waals surface area (Å²) in [6.45, 7) is 0.661. The zero-order valence-electron chi connectivity index (χ0n) is 11.3. The van der Waals surface area contributed by atoms with Crippen LogP contribution in [0.3, 0.4) is 0 Å². The van der Waals surface area contributed by atoms with Gasteiger partial charge < -0.3 is 10.2 Å². The summed E-state index contributed by atoms with van der Waals surface area (Å²) in [6.07, 6.45) is 5.96. The van der Waals surface area contributed by atoms with Crippen molar-refractivity contribution in [3.05, 3.63) is 42.0 Å². The van der Waals surface area contributed by atoms with Gasteiger partial charge in [-0.2, -0.15) is 0 Å². The molecule has 1 atom stereocenters. The van der Waals surface area contributed by atoms with Gasteiger partial charge in [0.15, 0.2) is 0 Å². The minimum absolute atomic E-state index is 0.0453. The van der Waals surface area contributed by atoms with Gasteiger partial charge >= 0.3 is 0 Å². The first-order chi connectivity index (χ1) is 9.72. The molecule has 2 fully saturated rings. The van der Waals surface area contributed by atoms with Crippen LogP contribution in [0.4, 0.5) is 0 Å². The number of hydrogen-bond acceptors (Lipinski definition) is 2. The maximum atomic E-state index is 11.8. The van der Waals surface area contributed by atoms with E-state index in [4.69, 9.17) is 0 Å². The summed E-state index contributed by atoms with van der Waals surface area (Å²) in [5.41, 5.74) is 0.991. The highest BCUT2D eigenvalue weighted by Gasteiger charge is 2.39. The number of amides is 2. The van der Waals surface area contributed by atoms with Gasteiger partial charge in [0.1, 0.15) is 0 Å². The predicted octanol–water partition coefficient (Wildman–Crippen LogP) is 1.58. The molecule has 0 spiro atoms. The molecular formula is C16H18N2O2.